The van der Waals surface area contributed by atoms with Gasteiger partial charge in [0.25, 0.3) is 11.6 Å². The summed E-state index contributed by atoms with van der Waals surface area (Å²) in [5, 5.41) is 22.0. The quantitative estimate of drug-likeness (QED) is 0.474. The highest BCUT2D eigenvalue weighted by Crippen LogP contribution is 2.22. The first-order valence-electron chi connectivity index (χ1n) is 4.89. The fourth-order valence-electron chi connectivity index (χ4n) is 1.23. The number of benzene rings is 1. The lowest BCUT2D eigenvalue weighted by Crippen LogP contribution is -2.25. The fraction of sp³-hybridized carbons (Fsp3) is 0.300. The second-order valence-electron chi connectivity index (χ2n) is 3.25. The van der Waals surface area contributed by atoms with Gasteiger partial charge in [0.05, 0.1) is 4.92 Å². The van der Waals surface area contributed by atoms with E-state index in [-0.39, 0.29) is 29.4 Å². The molecule has 0 bridgehead atoms. The maximum atomic E-state index is 11.6. The zero-order valence-corrected chi connectivity index (χ0v) is 9.61. The molecule has 1 aromatic carbocycles. The summed E-state index contributed by atoms with van der Waals surface area (Å²) < 4.78 is 0. The number of hydrogen-bond acceptors (Lipinski definition) is 4. The number of aliphatic hydroxyl groups is 1. The number of aliphatic hydroxyl groups excluding tert-OH is 1. The van der Waals surface area contributed by atoms with Crippen molar-refractivity contribution in [1.29, 1.82) is 0 Å². The van der Waals surface area contributed by atoms with Gasteiger partial charge in [0.15, 0.2) is 0 Å². The summed E-state index contributed by atoms with van der Waals surface area (Å²) in [7, 11) is 0. The van der Waals surface area contributed by atoms with Crippen LogP contribution in [0, 0.1) is 10.1 Å². The summed E-state index contributed by atoms with van der Waals surface area (Å²) in [4.78, 5) is 21.7. The summed E-state index contributed by atoms with van der Waals surface area (Å²) in [6.45, 7) is 0.191. The van der Waals surface area contributed by atoms with Crippen molar-refractivity contribution in [1.82, 2.24) is 5.32 Å². The first-order valence-corrected chi connectivity index (χ1v) is 5.27. The number of nitro groups is 1. The van der Waals surface area contributed by atoms with E-state index in [0.717, 1.165) is 0 Å². The minimum Gasteiger partial charge on any atom is -0.396 e. The van der Waals surface area contributed by atoms with Crippen molar-refractivity contribution in [2.45, 2.75) is 6.42 Å². The standard InChI is InChI=1S/C10H11ClN2O4/c11-7-2-3-9(13(16)17)8(6-7)10(15)12-4-1-5-14/h2-3,6,14H,1,4-5H2,(H,12,15). The number of nitro benzene ring substituents is 1. The molecule has 7 heteroatoms. The molecule has 0 radical (unpaired) electrons. The molecule has 0 fully saturated rings. The molecule has 1 rings (SSSR count). The van der Waals surface area contributed by atoms with Gasteiger partial charge in [-0.15, -0.1) is 0 Å². The van der Waals surface area contributed by atoms with E-state index in [9.17, 15) is 14.9 Å². The molecule has 0 spiro atoms. The van der Waals surface area contributed by atoms with Gasteiger partial charge in [-0.1, -0.05) is 11.6 Å². The van der Waals surface area contributed by atoms with Crippen LogP contribution in [0.5, 0.6) is 0 Å². The number of nitrogens with zero attached hydrogens (tertiary/aromatic N) is 1. The number of amides is 1. The van der Waals surface area contributed by atoms with Crippen molar-refractivity contribution in [3.05, 3.63) is 38.9 Å². The molecular formula is C10H11ClN2O4. The van der Waals surface area contributed by atoms with Gasteiger partial charge in [-0.25, -0.2) is 0 Å². The van der Waals surface area contributed by atoms with E-state index >= 15 is 0 Å². The molecule has 1 aromatic rings. The third-order valence-corrected chi connectivity index (χ3v) is 2.26. The molecule has 0 saturated heterocycles. The van der Waals surface area contributed by atoms with Gasteiger partial charge >= 0.3 is 0 Å². The van der Waals surface area contributed by atoms with Gasteiger partial charge < -0.3 is 10.4 Å². The third kappa shape index (κ3) is 3.69. The van der Waals surface area contributed by atoms with Gasteiger partial charge in [-0.2, -0.15) is 0 Å². The van der Waals surface area contributed by atoms with Crippen LogP contribution in [0.25, 0.3) is 0 Å². The average Bonchev–Trinajstić information content (AvgIpc) is 2.28. The highest BCUT2D eigenvalue weighted by atomic mass is 35.5. The molecule has 17 heavy (non-hydrogen) atoms. The van der Waals surface area contributed by atoms with Crippen LogP contribution in [0.4, 0.5) is 5.69 Å². The van der Waals surface area contributed by atoms with E-state index in [1.165, 1.54) is 18.2 Å². The summed E-state index contributed by atoms with van der Waals surface area (Å²) in [6.07, 6.45) is 0.389. The van der Waals surface area contributed by atoms with E-state index < -0.39 is 10.8 Å². The lowest BCUT2D eigenvalue weighted by molar-refractivity contribution is -0.385. The maximum Gasteiger partial charge on any atom is 0.282 e. The average molecular weight is 259 g/mol. The Morgan fingerprint density at radius 1 is 1.53 bits per heavy atom. The second-order valence-corrected chi connectivity index (χ2v) is 3.69. The lowest BCUT2D eigenvalue weighted by Gasteiger charge is -2.05. The van der Waals surface area contributed by atoms with Gasteiger partial charge in [-0.05, 0) is 18.6 Å². The number of halogens is 1. The van der Waals surface area contributed by atoms with Gasteiger partial charge in [0.2, 0.25) is 0 Å². The van der Waals surface area contributed by atoms with Crippen LogP contribution in [-0.4, -0.2) is 29.1 Å². The molecule has 1 amide bonds. The van der Waals surface area contributed by atoms with Crippen molar-refractivity contribution < 1.29 is 14.8 Å². The molecule has 0 unspecified atom stereocenters. The Labute approximate surface area is 102 Å². The molecule has 2 N–H and O–H groups in total. The lowest BCUT2D eigenvalue weighted by atomic mass is 10.1. The molecule has 92 valence electrons. The van der Waals surface area contributed by atoms with Gasteiger partial charge in [0.1, 0.15) is 5.56 Å². The first-order chi connectivity index (χ1) is 8.06. The minimum atomic E-state index is -0.642. The molecule has 0 aliphatic rings. The van der Waals surface area contributed by atoms with Gasteiger partial charge in [-0.3, -0.25) is 14.9 Å². The van der Waals surface area contributed by atoms with Crippen LogP contribution >= 0.6 is 11.6 Å². The predicted octanol–water partition coefficient (Wildman–Crippen LogP) is 1.36. The molecule has 0 saturated carbocycles. The zero-order valence-electron chi connectivity index (χ0n) is 8.85. The Kier molecular flexibility index (Phi) is 4.86. The molecule has 0 atom stereocenters. The smallest absolute Gasteiger partial charge is 0.282 e. The Hall–Kier alpha value is -1.66. The Morgan fingerprint density at radius 3 is 2.82 bits per heavy atom. The zero-order chi connectivity index (χ0) is 12.8. The van der Waals surface area contributed by atoms with E-state index in [2.05, 4.69) is 5.32 Å². The molecule has 0 aliphatic heterocycles. The van der Waals surface area contributed by atoms with Gasteiger partial charge in [0, 0.05) is 24.2 Å². The summed E-state index contributed by atoms with van der Waals surface area (Å²) in [6, 6.07) is 3.78. The van der Waals surface area contributed by atoms with Crippen LogP contribution in [0.15, 0.2) is 18.2 Å². The maximum absolute atomic E-state index is 11.6. The van der Waals surface area contributed by atoms with Crippen molar-refractivity contribution >= 4 is 23.2 Å². The van der Waals surface area contributed by atoms with Crippen LogP contribution in [-0.2, 0) is 0 Å². The molecule has 0 heterocycles. The van der Waals surface area contributed by atoms with Crippen LogP contribution in [0.2, 0.25) is 5.02 Å². The largest absolute Gasteiger partial charge is 0.396 e. The Morgan fingerprint density at radius 2 is 2.24 bits per heavy atom. The number of hydrogen-bond donors (Lipinski definition) is 2. The molecule has 6 nitrogen and oxygen atoms in total. The summed E-state index contributed by atoms with van der Waals surface area (Å²) in [5.74, 6) is -0.576. The second kappa shape index (κ2) is 6.17. The normalized spacial score (nSPS) is 10.0. The monoisotopic (exact) mass is 258 g/mol. The Bertz CT molecular complexity index is 436. The number of nitrogens with one attached hydrogen (secondary N) is 1. The SMILES string of the molecule is O=C(NCCCO)c1cc(Cl)ccc1[N+](=O)[O-]. The van der Waals surface area contributed by atoms with E-state index in [0.29, 0.717) is 6.42 Å². The van der Waals surface area contributed by atoms with Crippen molar-refractivity contribution in [2.75, 3.05) is 13.2 Å². The minimum absolute atomic E-state index is 0.0576. The third-order valence-electron chi connectivity index (χ3n) is 2.02. The highest BCUT2D eigenvalue weighted by Gasteiger charge is 2.19. The number of carbonyl (C=O) groups is 1. The van der Waals surface area contributed by atoms with E-state index in [1.807, 2.05) is 0 Å². The van der Waals surface area contributed by atoms with E-state index in [4.69, 9.17) is 16.7 Å². The number of rotatable bonds is 5. The van der Waals surface area contributed by atoms with E-state index in [1.54, 1.807) is 0 Å². The summed E-state index contributed by atoms with van der Waals surface area (Å²) >= 11 is 5.68. The van der Waals surface area contributed by atoms with Crippen molar-refractivity contribution in [3.8, 4) is 0 Å². The number of carbonyl (C=O) groups excluding carboxylic acids is 1. The molecule has 0 aromatic heterocycles. The van der Waals surface area contributed by atoms with Crippen LogP contribution in [0.1, 0.15) is 16.8 Å². The van der Waals surface area contributed by atoms with Crippen LogP contribution in [0.3, 0.4) is 0 Å². The van der Waals surface area contributed by atoms with Crippen LogP contribution < -0.4 is 5.32 Å². The fourth-order valence-corrected chi connectivity index (χ4v) is 1.40. The highest BCUT2D eigenvalue weighted by molar-refractivity contribution is 6.31. The first kappa shape index (κ1) is 13.4. The van der Waals surface area contributed by atoms with Crippen molar-refractivity contribution in [3.63, 3.8) is 0 Å². The summed E-state index contributed by atoms with van der Waals surface area (Å²) in [5.41, 5.74) is -0.378. The molecular weight excluding hydrogens is 248 g/mol. The topological polar surface area (TPSA) is 92.5 Å². The molecule has 0 aliphatic carbocycles. The van der Waals surface area contributed by atoms with Crippen molar-refractivity contribution in [2.24, 2.45) is 0 Å². The Balaban J connectivity index is 2.90. The predicted molar refractivity (Wildman–Crippen MR) is 62.1 cm³/mol.